The van der Waals surface area contributed by atoms with Crippen LogP contribution in [0.3, 0.4) is 0 Å². The minimum atomic E-state index is 0.752. The first-order chi connectivity index (χ1) is 11.8. The molecule has 0 radical (unpaired) electrons. The van der Waals surface area contributed by atoms with Crippen LogP contribution in [0.15, 0.2) is 54.9 Å². The van der Waals surface area contributed by atoms with Crippen molar-refractivity contribution in [2.45, 2.75) is 19.5 Å². The fourth-order valence-corrected chi connectivity index (χ4v) is 3.00. The molecule has 2 N–H and O–H groups in total. The molecule has 0 spiro atoms. The summed E-state index contributed by atoms with van der Waals surface area (Å²) in [6.45, 7) is 2.72. The van der Waals surface area contributed by atoms with Crippen LogP contribution in [0.1, 0.15) is 17.0 Å². The molecule has 1 aromatic carbocycles. The minimum absolute atomic E-state index is 0.752. The molecule has 0 amide bonds. The molecule has 3 heterocycles. The molecule has 24 heavy (non-hydrogen) atoms. The molecule has 0 saturated carbocycles. The molecule has 4 rings (SSSR count). The second-order valence-electron chi connectivity index (χ2n) is 6.07. The van der Waals surface area contributed by atoms with Gasteiger partial charge in [-0.15, -0.1) is 0 Å². The largest absolute Gasteiger partial charge is 0.399 e. The normalized spacial score (nSPS) is 14.3. The summed E-state index contributed by atoms with van der Waals surface area (Å²) in [6.07, 6.45) is 4.74. The highest BCUT2D eigenvalue weighted by Crippen LogP contribution is 2.22. The lowest BCUT2D eigenvalue weighted by molar-refractivity contribution is 0.240. The number of pyridine rings is 1. The van der Waals surface area contributed by atoms with Gasteiger partial charge in [-0.3, -0.25) is 9.88 Å². The van der Waals surface area contributed by atoms with Gasteiger partial charge in [-0.2, -0.15) is 0 Å². The van der Waals surface area contributed by atoms with Gasteiger partial charge in [0, 0.05) is 55.3 Å². The van der Waals surface area contributed by atoms with Crippen molar-refractivity contribution in [1.82, 2.24) is 19.9 Å². The molecule has 5 nitrogen and oxygen atoms in total. The summed E-state index contributed by atoms with van der Waals surface area (Å²) < 4.78 is 0. The van der Waals surface area contributed by atoms with Gasteiger partial charge in [-0.25, -0.2) is 9.97 Å². The number of nitrogens with two attached hydrogens (primary N) is 1. The van der Waals surface area contributed by atoms with Crippen LogP contribution in [-0.2, 0) is 19.5 Å². The highest BCUT2D eigenvalue weighted by Gasteiger charge is 2.19. The molecular weight excluding hydrogens is 298 g/mol. The molecule has 0 saturated heterocycles. The molecule has 0 aliphatic carbocycles. The Balaban J connectivity index is 1.52. The molecule has 0 atom stereocenters. The lowest BCUT2D eigenvalue weighted by atomic mass is 10.1. The first kappa shape index (κ1) is 14.8. The highest BCUT2D eigenvalue weighted by atomic mass is 15.1. The third-order valence-corrected chi connectivity index (χ3v) is 4.29. The summed E-state index contributed by atoms with van der Waals surface area (Å²) >= 11 is 0. The standard InChI is InChI=1S/C19H19N5/c20-16-6-4-14(5-7-16)19-22-11-15-12-24(10-8-18(15)23-19)13-17-3-1-2-9-21-17/h1-7,9,11H,8,10,12-13,20H2. The number of aromatic nitrogens is 3. The SMILES string of the molecule is Nc1ccc(-c2ncc3c(n2)CCN(Cc2ccccn2)C3)cc1. The Morgan fingerprint density at radius 1 is 1.04 bits per heavy atom. The van der Waals surface area contributed by atoms with E-state index in [0.717, 1.165) is 54.5 Å². The Labute approximate surface area is 141 Å². The van der Waals surface area contributed by atoms with Crippen molar-refractivity contribution < 1.29 is 0 Å². The van der Waals surface area contributed by atoms with Crippen LogP contribution in [0.4, 0.5) is 5.69 Å². The Bertz CT molecular complexity index is 830. The predicted molar refractivity (Wildman–Crippen MR) is 93.9 cm³/mol. The van der Waals surface area contributed by atoms with Crippen LogP contribution in [-0.4, -0.2) is 26.4 Å². The van der Waals surface area contributed by atoms with Gasteiger partial charge in [-0.1, -0.05) is 6.07 Å². The third kappa shape index (κ3) is 3.12. The maximum Gasteiger partial charge on any atom is 0.159 e. The Hall–Kier alpha value is -2.79. The lowest BCUT2D eigenvalue weighted by Gasteiger charge is -2.27. The molecule has 3 aromatic rings. The summed E-state index contributed by atoms with van der Waals surface area (Å²) in [5, 5.41) is 0. The summed E-state index contributed by atoms with van der Waals surface area (Å²) in [4.78, 5) is 16.1. The summed E-state index contributed by atoms with van der Waals surface area (Å²) in [7, 11) is 0. The van der Waals surface area contributed by atoms with Gasteiger partial charge < -0.3 is 5.73 Å². The van der Waals surface area contributed by atoms with Gasteiger partial charge >= 0.3 is 0 Å². The van der Waals surface area contributed by atoms with Crippen LogP contribution >= 0.6 is 0 Å². The van der Waals surface area contributed by atoms with Gasteiger partial charge in [0.25, 0.3) is 0 Å². The van der Waals surface area contributed by atoms with Crippen LogP contribution in [0.2, 0.25) is 0 Å². The van der Waals surface area contributed by atoms with Crippen LogP contribution < -0.4 is 5.73 Å². The zero-order valence-electron chi connectivity index (χ0n) is 13.4. The first-order valence-corrected chi connectivity index (χ1v) is 8.11. The number of hydrogen-bond donors (Lipinski definition) is 1. The summed E-state index contributed by atoms with van der Waals surface area (Å²) in [6, 6.07) is 13.7. The first-order valence-electron chi connectivity index (χ1n) is 8.11. The van der Waals surface area contributed by atoms with E-state index in [2.05, 4.69) is 20.9 Å². The van der Waals surface area contributed by atoms with E-state index in [1.54, 1.807) is 0 Å². The topological polar surface area (TPSA) is 67.9 Å². The van der Waals surface area contributed by atoms with Gasteiger partial charge in [0.1, 0.15) is 0 Å². The number of anilines is 1. The molecule has 1 aliphatic rings. The fourth-order valence-electron chi connectivity index (χ4n) is 3.00. The lowest BCUT2D eigenvalue weighted by Crippen LogP contribution is -2.31. The van der Waals surface area contributed by atoms with Crippen molar-refractivity contribution in [2.24, 2.45) is 0 Å². The van der Waals surface area contributed by atoms with Crippen LogP contribution in [0, 0.1) is 0 Å². The number of hydrogen-bond acceptors (Lipinski definition) is 5. The Morgan fingerprint density at radius 2 is 1.92 bits per heavy atom. The number of nitrogen functional groups attached to an aromatic ring is 1. The second kappa shape index (κ2) is 6.37. The second-order valence-corrected chi connectivity index (χ2v) is 6.07. The van der Waals surface area contributed by atoms with E-state index in [9.17, 15) is 0 Å². The quantitative estimate of drug-likeness (QED) is 0.752. The zero-order valence-corrected chi connectivity index (χ0v) is 13.4. The van der Waals surface area contributed by atoms with Crippen LogP contribution in [0.5, 0.6) is 0 Å². The molecule has 5 heteroatoms. The van der Waals surface area contributed by atoms with E-state index in [0.29, 0.717) is 0 Å². The van der Waals surface area contributed by atoms with E-state index in [1.165, 1.54) is 5.56 Å². The van der Waals surface area contributed by atoms with Crippen LogP contribution in [0.25, 0.3) is 11.4 Å². The van der Waals surface area contributed by atoms with Crippen molar-refractivity contribution in [3.63, 3.8) is 0 Å². The molecule has 1 aliphatic heterocycles. The Kier molecular flexibility index (Phi) is 3.92. The van der Waals surface area contributed by atoms with Gasteiger partial charge in [0.05, 0.1) is 11.4 Å². The van der Waals surface area contributed by atoms with E-state index in [-0.39, 0.29) is 0 Å². The molecule has 0 bridgehead atoms. The van der Waals surface area contributed by atoms with Gasteiger partial charge in [-0.05, 0) is 36.4 Å². The van der Waals surface area contributed by atoms with Gasteiger partial charge in [0.15, 0.2) is 5.82 Å². The van der Waals surface area contributed by atoms with Crippen molar-refractivity contribution in [3.05, 3.63) is 71.8 Å². The predicted octanol–water partition coefficient (Wildman–Crippen LogP) is 2.68. The molecular formula is C19H19N5. The van der Waals surface area contributed by atoms with Crippen molar-refractivity contribution in [2.75, 3.05) is 12.3 Å². The average molecular weight is 317 g/mol. The maximum atomic E-state index is 5.74. The van der Waals surface area contributed by atoms with Crippen molar-refractivity contribution >= 4 is 5.69 Å². The average Bonchev–Trinajstić information content (AvgIpc) is 2.63. The van der Waals surface area contributed by atoms with Gasteiger partial charge in [0.2, 0.25) is 0 Å². The van der Waals surface area contributed by atoms with Crippen molar-refractivity contribution in [1.29, 1.82) is 0 Å². The smallest absolute Gasteiger partial charge is 0.159 e. The molecule has 0 fully saturated rings. The van der Waals surface area contributed by atoms with Crippen molar-refractivity contribution in [3.8, 4) is 11.4 Å². The third-order valence-electron chi connectivity index (χ3n) is 4.29. The number of fused-ring (bicyclic) bond motifs is 1. The number of benzene rings is 1. The molecule has 120 valence electrons. The summed E-state index contributed by atoms with van der Waals surface area (Å²) in [5.41, 5.74) is 10.9. The number of rotatable bonds is 3. The zero-order chi connectivity index (χ0) is 16.4. The summed E-state index contributed by atoms with van der Waals surface area (Å²) in [5.74, 6) is 0.770. The highest BCUT2D eigenvalue weighted by molar-refractivity contribution is 5.58. The van der Waals surface area contributed by atoms with E-state index >= 15 is 0 Å². The Morgan fingerprint density at radius 3 is 2.71 bits per heavy atom. The van der Waals surface area contributed by atoms with E-state index in [1.807, 2.05) is 48.8 Å². The fraction of sp³-hybridized carbons (Fsp3) is 0.211. The molecule has 0 unspecified atom stereocenters. The van der Waals surface area contributed by atoms with E-state index in [4.69, 9.17) is 10.7 Å². The maximum absolute atomic E-state index is 5.74. The number of nitrogens with zero attached hydrogens (tertiary/aromatic N) is 4. The van der Waals surface area contributed by atoms with E-state index < -0.39 is 0 Å². The molecule has 2 aromatic heterocycles. The monoisotopic (exact) mass is 317 g/mol. The minimum Gasteiger partial charge on any atom is -0.399 e.